The van der Waals surface area contributed by atoms with Crippen molar-refractivity contribution in [1.82, 2.24) is 29.5 Å². The molecule has 0 saturated heterocycles. The number of allylic oxidation sites excluding steroid dienone is 4. The smallest absolute Gasteiger partial charge is 0.117 e. The first-order valence-corrected chi connectivity index (χ1v) is 13.2. The molecule has 2 aromatic carbocycles. The van der Waals surface area contributed by atoms with Crippen LogP contribution in [-0.4, -0.2) is 29.5 Å². The maximum absolute atomic E-state index is 4.82. The minimum absolute atomic E-state index is 0.751. The fourth-order valence-electron chi connectivity index (χ4n) is 4.60. The molecule has 6 aromatic rings. The normalized spacial score (nSPS) is 12.2. The number of aryl methyl sites for hydroxylation is 1. The van der Waals surface area contributed by atoms with Crippen LogP contribution in [-0.2, 0) is 6.42 Å². The molecule has 194 valence electrons. The topological polar surface area (TPSA) is 69.4 Å². The predicted octanol–water partition coefficient (Wildman–Crippen LogP) is 7.59. The summed E-state index contributed by atoms with van der Waals surface area (Å²) in [6, 6.07) is 27.9. The second-order valence-electron chi connectivity index (χ2n) is 9.56. The Morgan fingerprint density at radius 2 is 1.32 bits per heavy atom. The molecule has 0 fully saturated rings. The lowest BCUT2D eigenvalue weighted by Crippen LogP contribution is -1.98. The van der Waals surface area contributed by atoms with Gasteiger partial charge in [-0.3, -0.25) is 9.97 Å². The van der Waals surface area contributed by atoms with Crippen LogP contribution in [0.2, 0.25) is 0 Å². The number of fused-ring (bicyclic) bond motifs is 2. The zero-order valence-electron chi connectivity index (χ0n) is 22.4. The first-order valence-electron chi connectivity index (χ1n) is 13.2. The van der Waals surface area contributed by atoms with Crippen LogP contribution in [0.1, 0.15) is 18.3 Å². The van der Waals surface area contributed by atoms with E-state index in [1.807, 2.05) is 79.7 Å². The van der Waals surface area contributed by atoms with Crippen molar-refractivity contribution in [2.45, 2.75) is 20.3 Å². The van der Waals surface area contributed by atoms with Gasteiger partial charge in [0.05, 0.1) is 28.1 Å². The summed E-state index contributed by atoms with van der Waals surface area (Å²) in [4.78, 5) is 23.2. The van der Waals surface area contributed by atoms with Gasteiger partial charge in [-0.15, -0.1) is 0 Å². The number of imidazole rings is 1. The lowest BCUT2D eigenvalue weighted by Gasteiger charge is -2.09. The molecule has 0 spiro atoms. The van der Waals surface area contributed by atoms with Gasteiger partial charge in [0.1, 0.15) is 17.2 Å². The van der Waals surface area contributed by atoms with Gasteiger partial charge in [0.15, 0.2) is 0 Å². The molecule has 0 unspecified atom stereocenters. The van der Waals surface area contributed by atoms with Crippen LogP contribution >= 0.6 is 0 Å². The Morgan fingerprint density at radius 1 is 0.650 bits per heavy atom. The quantitative estimate of drug-likeness (QED) is 0.240. The van der Waals surface area contributed by atoms with E-state index in [0.717, 1.165) is 57.3 Å². The van der Waals surface area contributed by atoms with Gasteiger partial charge in [0, 0.05) is 36.3 Å². The van der Waals surface area contributed by atoms with E-state index in [9.17, 15) is 0 Å². The molecule has 0 saturated carbocycles. The van der Waals surface area contributed by atoms with Crippen molar-refractivity contribution in [1.29, 1.82) is 0 Å². The molecule has 40 heavy (non-hydrogen) atoms. The molecule has 5 heterocycles. The Morgan fingerprint density at radius 3 is 2.00 bits per heavy atom. The fourth-order valence-corrected chi connectivity index (χ4v) is 4.60. The average molecular weight is 521 g/mol. The van der Waals surface area contributed by atoms with Gasteiger partial charge < -0.3 is 4.57 Å². The maximum Gasteiger partial charge on any atom is 0.117 e. The van der Waals surface area contributed by atoms with E-state index in [2.05, 4.69) is 58.0 Å². The van der Waals surface area contributed by atoms with Crippen molar-refractivity contribution in [2.75, 3.05) is 0 Å². The molecule has 1 aliphatic heterocycles. The third-order valence-corrected chi connectivity index (χ3v) is 6.64. The summed E-state index contributed by atoms with van der Waals surface area (Å²) >= 11 is 0. The second-order valence-corrected chi connectivity index (χ2v) is 9.56. The molecule has 0 atom stereocenters. The average Bonchev–Trinajstić information content (AvgIpc) is 3.37. The van der Waals surface area contributed by atoms with Crippen molar-refractivity contribution in [3.8, 4) is 34.0 Å². The number of rotatable bonds is 3. The van der Waals surface area contributed by atoms with Crippen molar-refractivity contribution in [3.05, 3.63) is 133 Å². The van der Waals surface area contributed by atoms with Crippen LogP contribution in [0.25, 0.3) is 50.8 Å². The molecule has 1 aliphatic rings. The molecule has 0 radical (unpaired) electrons. The predicted molar refractivity (Wildman–Crippen MR) is 161 cm³/mol. The number of pyridine rings is 2. The van der Waals surface area contributed by atoms with E-state index in [4.69, 9.17) is 15.0 Å². The van der Waals surface area contributed by atoms with Gasteiger partial charge >= 0.3 is 0 Å². The molecule has 0 N–H and O–H groups in total. The molecule has 0 aliphatic carbocycles. The third kappa shape index (κ3) is 5.33. The van der Waals surface area contributed by atoms with Gasteiger partial charge in [-0.2, -0.15) is 0 Å². The molecule has 7 rings (SSSR count). The Labute approximate surface area is 233 Å². The van der Waals surface area contributed by atoms with Gasteiger partial charge in [-0.1, -0.05) is 60.7 Å². The molecule has 4 aromatic heterocycles. The molecule has 0 bridgehead atoms. The third-order valence-electron chi connectivity index (χ3n) is 6.64. The Balaban J connectivity index is 0.000000151. The number of nitrogens with zero attached hydrogens (tertiary/aromatic N) is 6. The second kappa shape index (κ2) is 11.3. The SMILES string of the molecule is CC1=CC=CCc2nc(-c3ccccc3)cn21.Cc1ccc2nc(-c3ccccn3)c(-c3ccccn3)nc2c1. The summed E-state index contributed by atoms with van der Waals surface area (Å²) < 4.78 is 2.17. The fraction of sp³-hybridized carbons (Fsp3) is 0.0882. The lowest BCUT2D eigenvalue weighted by atomic mass is 10.1. The standard InChI is InChI=1S/C19H14N4.C15H14N2/c1-13-8-9-14-17(12-13)23-19(16-7-3-5-11-21-16)18(22-14)15-6-2-4-10-20-15;1-12-7-5-6-10-15-16-14(11-17(12)15)13-8-3-2-4-9-13/h2-12H,1H3;2-9,11H,10H2,1H3. The summed E-state index contributed by atoms with van der Waals surface area (Å²) in [5, 5.41) is 0. The van der Waals surface area contributed by atoms with Gasteiger partial charge in [0.2, 0.25) is 0 Å². The van der Waals surface area contributed by atoms with E-state index in [1.54, 1.807) is 12.4 Å². The summed E-state index contributed by atoms with van der Waals surface area (Å²) in [6.45, 7) is 4.16. The molecular weight excluding hydrogens is 492 g/mol. The van der Waals surface area contributed by atoms with Crippen LogP contribution < -0.4 is 0 Å². The number of hydrogen-bond acceptors (Lipinski definition) is 5. The van der Waals surface area contributed by atoms with Crippen LogP contribution in [0.15, 0.2) is 122 Å². The Bertz CT molecular complexity index is 1820. The van der Waals surface area contributed by atoms with Crippen molar-refractivity contribution >= 4 is 16.7 Å². The van der Waals surface area contributed by atoms with Gasteiger partial charge in [-0.05, 0) is 61.9 Å². The zero-order valence-corrected chi connectivity index (χ0v) is 22.4. The highest BCUT2D eigenvalue weighted by Gasteiger charge is 2.15. The first kappa shape index (κ1) is 25.1. The van der Waals surface area contributed by atoms with Crippen molar-refractivity contribution < 1.29 is 0 Å². The van der Waals surface area contributed by atoms with Crippen LogP contribution in [0.4, 0.5) is 0 Å². The van der Waals surface area contributed by atoms with Crippen LogP contribution in [0.3, 0.4) is 0 Å². The molecule has 6 nitrogen and oxygen atoms in total. The number of benzene rings is 2. The highest BCUT2D eigenvalue weighted by atomic mass is 15.1. The summed E-state index contributed by atoms with van der Waals surface area (Å²) in [7, 11) is 0. The Hall–Kier alpha value is -5.23. The molecular formula is C34H28N6. The summed E-state index contributed by atoms with van der Waals surface area (Å²) in [5.74, 6) is 1.10. The maximum atomic E-state index is 4.82. The molecule has 0 amide bonds. The zero-order chi connectivity index (χ0) is 27.3. The van der Waals surface area contributed by atoms with E-state index in [1.165, 1.54) is 11.3 Å². The number of aromatic nitrogens is 6. The van der Waals surface area contributed by atoms with Gasteiger partial charge in [0.25, 0.3) is 0 Å². The van der Waals surface area contributed by atoms with E-state index < -0.39 is 0 Å². The molecule has 6 heteroatoms. The van der Waals surface area contributed by atoms with Gasteiger partial charge in [-0.25, -0.2) is 15.0 Å². The first-order chi connectivity index (χ1) is 19.7. The van der Waals surface area contributed by atoms with E-state index in [-0.39, 0.29) is 0 Å². The highest BCUT2D eigenvalue weighted by Crippen LogP contribution is 2.29. The summed E-state index contributed by atoms with van der Waals surface area (Å²) in [5.41, 5.74) is 9.40. The minimum atomic E-state index is 0.751. The lowest BCUT2D eigenvalue weighted by molar-refractivity contribution is 0.948. The highest BCUT2D eigenvalue weighted by molar-refractivity contribution is 5.84. The van der Waals surface area contributed by atoms with Crippen molar-refractivity contribution in [2.24, 2.45) is 0 Å². The van der Waals surface area contributed by atoms with E-state index >= 15 is 0 Å². The van der Waals surface area contributed by atoms with Crippen molar-refractivity contribution in [3.63, 3.8) is 0 Å². The summed E-state index contributed by atoms with van der Waals surface area (Å²) in [6.07, 6.45) is 12.9. The Kier molecular flexibility index (Phi) is 7.05. The monoisotopic (exact) mass is 520 g/mol. The largest absolute Gasteiger partial charge is 0.307 e. The van der Waals surface area contributed by atoms with Crippen LogP contribution in [0, 0.1) is 6.92 Å². The minimum Gasteiger partial charge on any atom is -0.307 e. The number of hydrogen-bond donors (Lipinski definition) is 0. The van der Waals surface area contributed by atoms with Crippen LogP contribution in [0.5, 0.6) is 0 Å². The van der Waals surface area contributed by atoms with E-state index in [0.29, 0.717) is 0 Å².